The van der Waals surface area contributed by atoms with Gasteiger partial charge >= 0.3 is 0 Å². The summed E-state index contributed by atoms with van der Waals surface area (Å²) in [5.41, 5.74) is 0.596. The highest BCUT2D eigenvalue weighted by Crippen LogP contribution is 2.19. The van der Waals surface area contributed by atoms with Gasteiger partial charge in [-0.25, -0.2) is 4.39 Å². The summed E-state index contributed by atoms with van der Waals surface area (Å²) in [6.45, 7) is 5.35. The number of halogens is 1. The summed E-state index contributed by atoms with van der Waals surface area (Å²) in [4.78, 5) is 2.18. The summed E-state index contributed by atoms with van der Waals surface area (Å²) in [6.07, 6.45) is 0. The molecule has 0 saturated carbocycles. The number of likely N-dealkylation sites (N-methyl/N-ethyl adjacent to an activating group) is 1. The van der Waals surface area contributed by atoms with E-state index < -0.39 is 5.82 Å². The van der Waals surface area contributed by atoms with E-state index in [4.69, 9.17) is 0 Å². The average Bonchev–Trinajstić information content (AvgIpc) is 2.29. The first-order valence-electron chi connectivity index (χ1n) is 5.50. The van der Waals surface area contributed by atoms with Gasteiger partial charge in [0.1, 0.15) is 0 Å². The van der Waals surface area contributed by atoms with Crippen molar-refractivity contribution in [2.24, 2.45) is 0 Å². The van der Waals surface area contributed by atoms with Crippen LogP contribution in [0, 0.1) is 5.82 Å². The molecular weight excluding hydrogens is 207 g/mol. The van der Waals surface area contributed by atoms with Crippen LogP contribution in [0.1, 0.15) is 12.5 Å². The van der Waals surface area contributed by atoms with Gasteiger partial charge in [-0.1, -0.05) is 19.1 Å². The van der Waals surface area contributed by atoms with Crippen LogP contribution >= 0.6 is 0 Å². The number of benzene rings is 1. The van der Waals surface area contributed by atoms with Gasteiger partial charge in [0, 0.05) is 25.2 Å². The first-order chi connectivity index (χ1) is 7.65. The molecule has 0 spiro atoms. The zero-order chi connectivity index (χ0) is 12.0. The number of rotatable bonds is 6. The Morgan fingerprint density at radius 3 is 2.88 bits per heavy atom. The Labute approximate surface area is 95.9 Å². The van der Waals surface area contributed by atoms with Crippen LogP contribution < -0.4 is 5.32 Å². The quantitative estimate of drug-likeness (QED) is 0.723. The van der Waals surface area contributed by atoms with Gasteiger partial charge in [-0.3, -0.25) is 0 Å². The highest BCUT2D eigenvalue weighted by Gasteiger charge is 2.05. The lowest BCUT2D eigenvalue weighted by Gasteiger charge is -2.14. The Morgan fingerprint density at radius 1 is 1.44 bits per heavy atom. The number of nitrogens with zero attached hydrogens (tertiary/aromatic N) is 1. The van der Waals surface area contributed by atoms with Gasteiger partial charge in [0.05, 0.1) is 0 Å². The number of phenols is 1. The Bertz CT molecular complexity index is 331. The van der Waals surface area contributed by atoms with Crippen LogP contribution in [0.15, 0.2) is 18.2 Å². The number of hydrogen-bond acceptors (Lipinski definition) is 3. The van der Waals surface area contributed by atoms with Crippen molar-refractivity contribution in [2.45, 2.75) is 13.5 Å². The lowest BCUT2D eigenvalue weighted by molar-refractivity contribution is 0.348. The Morgan fingerprint density at radius 2 is 2.19 bits per heavy atom. The van der Waals surface area contributed by atoms with E-state index in [-0.39, 0.29) is 5.75 Å². The van der Waals surface area contributed by atoms with Gasteiger partial charge in [-0.05, 0) is 19.7 Å². The molecule has 0 aliphatic rings. The topological polar surface area (TPSA) is 35.5 Å². The third-order valence-electron chi connectivity index (χ3n) is 2.60. The molecule has 16 heavy (non-hydrogen) atoms. The molecule has 0 bridgehead atoms. The number of aromatic hydroxyl groups is 1. The summed E-state index contributed by atoms with van der Waals surface area (Å²) >= 11 is 0. The highest BCUT2D eigenvalue weighted by molar-refractivity contribution is 5.33. The van der Waals surface area contributed by atoms with Crippen molar-refractivity contribution in [3.8, 4) is 5.75 Å². The minimum atomic E-state index is -0.565. The molecule has 0 radical (unpaired) electrons. The van der Waals surface area contributed by atoms with E-state index in [0.29, 0.717) is 12.1 Å². The molecule has 0 fully saturated rings. The van der Waals surface area contributed by atoms with E-state index >= 15 is 0 Å². The summed E-state index contributed by atoms with van der Waals surface area (Å²) < 4.78 is 13.0. The molecule has 0 heterocycles. The maximum atomic E-state index is 13.0. The fourth-order valence-corrected chi connectivity index (χ4v) is 1.35. The van der Waals surface area contributed by atoms with E-state index in [1.807, 2.05) is 7.05 Å². The maximum Gasteiger partial charge on any atom is 0.165 e. The fraction of sp³-hybridized carbons (Fsp3) is 0.500. The van der Waals surface area contributed by atoms with Crippen LogP contribution in [0.5, 0.6) is 5.75 Å². The minimum absolute atomic E-state index is 0.251. The molecule has 0 saturated heterocycles. The van der Waals surface area contributed by atoms with Crippen molar-refractivity contribution >= 4 is 0 Å². The number of para-hydroxylation sites is 1. The second-order valence-corrected chi connectivity index (χ2v) is 3.82. The van der Waals surface area contributed by atoms with Gasteiger partial charge < -0.3 is 15.3 Å². The fourth-order valence-electron chi connectivity index (χ4n) is 1.35. The van der Waals surface area contributed by atoms with E-state index in [9.17, 15) is 9.50 Å². The normalized spacial score (nSPS) is 11.0. The smallest absolute Gasteiger partial charge is 0.165 e. The van der Waals surface area contributed by atoms with Crippen molar-refractivity contribution in [2.75, 3.05) is 26.7 Å². The molecule has 90 valence electrons. The molecule has 0 unspecified atom stereocenters. The summed E-state index contributed by atoms with van der Waals surface area (Å²) in [6, 6.07) is 4.57. The Hall–Kier alpha value is -1.13. The third-order valence-corrected chi connectivity index (χ3v) is 2.60. The molecule has 0 amide bonds. The van der Waals surface area contributed by atoms with Crippen LogP contribution in [-0.2, 0) is 6.54 Å². The molecule has 0 aliphatic heterocycles. The van der Waals surface area contributed by atoms with E-state index in [2.05, 4.69) is 17.1 Å². The van der Waals surface area contributed by atoms with Crippen LogP contribution in [-0.4, -0.2) is 36.7 Å². The van der Waals surface area contributed by atoms with Gasteiger partial charge in [0.2, 0.25) is 0 Å². The highest BCUT2D eigenvalue weighted by atomic mass is 19.1. The molecular formula is C12H19FN2O. The monoisotopic (exact) mass is 226 g/mol. The molecule has 3 nitrogen and oxygen atoms in total. The Kier molecular flexibility index (Phi) is 5.22. The molecule has 1 aromatic carbocycles. The third kappa shape index (κ3) is 3.79. The maximum absolute atomic E-state index is 13.0. The largest absolute Gasteiger partial charge is 0.505 e. The van der Waals surface area contributed by atoms with Crippen molar-refractivity contribution in [1.29, 1.82) is 0 Å². The molecule has 4 heteroatoms. The standard InChI is InChI=1S/C12H19FN2O/c1-3-15(2)8-7-14-9-10-5-4-6-11(13)12(10)16/h4-6,14,16H,3,7-9H2,1-2H3. The van der Waals surface area contributed by atoms with Crippen LogP contribution in [0.4, 0.5) is 4.39 Å². The Balaban J connectivity index is 2.35. The first-order valence-corrected chi connectivity index (χ1v) is 5.50. The van der Waals surface area contributed by atoms with Gasteiger partial charge in [-0.15, -0.1) is 0 Å². The van der Waals surface area contributed by atoms with E-state index in [1.165, 1.54) is 6.07 Å². The zero-order valence-electron chi connectivity index (χ0n) is 9.83. The van der Waals surface area contributed by atoms with Crippen LogP contribution in [0.25, 0.3) is 0 Å². The molecule has 1 rings (SSSR count). The number of phenolic OH excluding ortho intramolecular Hbond substituents is 1. The van der Waals surface area contributed by atoms with Crippen LogP contribution in [0.2, 0.25) is 0 Å². The lowest BCUT2D eigenvalue weighted by atomic mass is 10.2. The minimum Gasteiger partial charge on any atom is -0.505 e. The SMILES string of the molecule is CCN(C)CCNCc1cccc(F)c1O. The molecule has 1 aromatic rings. The molecule has 0 aliphatic carbocycles. The first kappa shape index (κ1) is 12.9. The lowest BCUT2D eigenvalue weighted by Crippen LogP contribution is -2.28. The van der Waals surface area contributed by atoms with Crippen molar-refractivity contribution < 1.29 is 9.50 Å². The second-order valence-electron chi connectivity index (χ2n) is 3.82. The predicted octanol–water partition coefficient (Wildman–Crippen LogP) is 1.57. The van der Waals surface area contributed by atoms with Gasteiger partial charge in [0.25, 0.3) is 0 Å². The van der Waals surface area contributed by atoms with Gasteiger partial charge in [-0.2, -0.15) is 0 Å². The average molecular weight is 226 g/mol. The molecule has 0 aromatic heterocycles. The predicted molar refractivity (Wildman–Crippen MR) is 62.9 cm³/mol. The zero-order valence-corrected chi connectivity index (χ0v) is 9.83. The van der Waals surface area contributed by atoms with Crippen LogP contribution in [0.3, 0.4) is 0 Å². The second kappa shape index (κ2) is 6.45. The molecule has 0 atom stereocenters. The van der Waals surface area contributed by atoms with E-state index in [0.717, 1.165) is 19.6 Å². The molecule has 2 N–H and O–H groups in total. The van der Waals surface area contributed by atoms with Gasteiger partial charge in [0.15, 0.2) is 11.6 Å². The van der Waals surface area contributed by atoms with Crippen molar-refractivity contribution in [1.82, 2.24) is 10.2 Å². The number of hydrogen-bond donors (Lipinski definition) is 2. The van der Waals surface area contributed by atoms with E-state index in [1.54, 1.807) is 12.1 Å². The summed E-state index contributed by atoms with van der Waals surface area (Å²) in [5.74, 6) is -0.816. The van der Waals surface area contributed by atoms with Crippen molar-refractivity contribution in [3.05, 3.63) is 29.6 Å². The van der Waals surface area contributed by atoms with Crippen molar-refractivity contribution in [3.63, 3.8) is 0 Å². The summed E-state index contributed by atoms with van der Waals surface area (Å²) in [7, 11) is 2.04. The number of nitrogens with one attached hydrogen (secondary N) is 1. The summed E-state index contributed by atoms with van der Waals surface area (Å²) in [5, 5.41) is 12.6.